The van der Waals surface area contributed by atoms with Gasteiger partial charge in [-0.3, -0.25) is 96.6 Å². The maximum atomic E-state index is 15.0. The Morgan fingerprint density at radius 1 is 0.282 bits per heavy atom. The van der Waals surface area contributed by atoms with Gasteiger partial charge in [0.05, 0.1) is 6.04 Å². The van der Waals surface area contributed by atoms with E-state index in [1.807, 2.05) is 0 Å². The highest BCUT2D eigenvalue weighted by molar-refractivity contribution is 5.99. The molecule has 1 aromatic rings. The molecule has 656 valence electrons. The molecule has 0 radical (unpaired) electrons. The maximum absolute atomic E-state index is 15.0. The molecule has 51 nitrogen and oxygen atoms in total. The Hall–Kier alpha value is -13.4. The van der Waals surface area contributed by atoms with E-state index in [9.17, 15) is 58.2 Å². The maximum Gasteiger partial charge on any atom is 0.326 e. The summed E-state index contributed by atoms with van der Waals surface area (Å²) in [4.78, 5) is 157. The van der Waals surface area contributed by atoms with E-state index in [0.717, 1.165) is 0 Å². The van der Waals surface area contributed by atoms with Crippen LogP contribution in [-0.2, 0) is 59.2 Å². The van der Waals surface area contributed by atoms with E-state index in [2.05, 4.69) is 101 Å². The number of amides is 10. The molecule has 50 N–H and O–H groups in total. The van der Waals surface area contributed by atoms with Crippen LogP contribution in [0.1, 0.15) is 128 Å². The lowest BCUT2D eigenvalue weighted by molar-refractivity contribution is -0.142. The number of rotatable bonds is 59. The van der Waals surface area contributed by atoms with Gasteiger partial charge in [-0.05, 0) is 147 Å². The van der Waals surface area contributed by atoms with E-state index in [1.54, 1.807) is 12.1 Å². The Bertz CT molecular complexity index is 3500. The van der Waals surface area contributed by atoms with E-state index < -0.39 is 179 Å². The van der Waals surface area contributed by atoms with E-state index in [1.165, 1.54) is 19.1 Å². The summed E-state index contributed by atoms with van der Waals surface area (Å²) in [6.07, 6.45) is -1.81. The average Bonchev–Trinajstić information content (AvgIpc) is 0.885. The summed E-state index contributed by atoms with van der Waals surface area (Å²) in [6, 6.07) is -10.7. The van der Waals surface area contributed by atoms with Crippen molar-refractivity contribution in [1.29, 1.82) is 48.7 Å². The first-order valence-electron chi connectivity index (χ1n) is 37.7. The van der Waals surface area contributed by atoms with Crippen molar-refractivity contribution in [1.82, 2.24) is 101 Å². The second-order valence-corrected chi connectivity index (χ2v) is 26.9. The van der Waals surface area contributed by atoms with Gasteiger partial charge in [-0.15, -0.1) is 0 Å². The fourth-order valence-electron chi connectivity index (χ4n) is 11.0. The molecular weight excluding hydrogens is 1530 g/mol. The van der Waals surface area contributed by atoms with Crippen molar-refractivity contribution in [2.24, 2.45) is 57.3 Å². The fourth-order valence-corrected chi connectivity index (χ4v) is 11.0. The summed E-state index contributed by atoms with van der Waals surface area (Å²) < 4.78 is 0. The molecule has 10 amide bonds. The van der Waals surface area contributed by atoms with Crippen LogP contribution >= 0.6 is 0 Å². The molecule has 1 rings (SSSR count). The van der Waals surface area contributed by atoms with Gasteiger partial charge in [0.15, 0.2) is 53.6 Å². The molecule has 0 saturated carbocycles. The summed E-state index contributed by atoms with van der Waals surface area (Å²) in [6.45, 7) is 1.17. The summed E-state index contributed by atoms with van der Waals surface area (Å²) in [5.74, 6) is -15.1. The minimum Gasteiger partial charge on any atom is -0.508 e. The van der Waals surface area contributed by atoms with Crippen molar-refractivity contribution in [3.05, 3.63) is 29.8 Å². The Kier molecular flexibility index (Phi) is 49.3. The minimum absolute atomic E-state index is 0.00801. The molecule has 0 saturated heterocycles. The third-order valence-electron chi connectivity index (χ3n) is 17.0. The number of nitrogens with two attached hydrogens (primary N) is 10. The van der Waals surface area contributed by atoms with Crippen molar-refractivity contribution in [3.8, 4) is 5.75 Å². The van der Waals surface area contributed by atoms with Crippen LogP contribution in [0.4, 0.5) is 0 Å². The third kappa shape index (κ3) is 47.6. The summed E-state index contributed by atoms with van der Waals surface area (Å²) in [7, 11) is 0. The zero-order valence-electron chi connectivity index (χ0n) is 65.6. The quantitative estimate of drug-likeness (QED) is 0.0164. The van der Waals surface area contributed by atoms with Gasteiger partial charge in [0.25, 0.3) is 0 Å². The molecule has 0 aliphatic rings. The first-order valence-corrected chi connectivity index (χ1v) is 37.7. The second kappa shape index (κ2) is 56.7. The number of phenols is 1. The van der Waals surface area contributed by atoms with Crippen molar-refractivity contribution in [2.75, 3.05) is 58.9 Å². The number of guanidine groups is 9. The highest BCUT2D eigenvalue weighted by Gasteiger charge is 2.36. The normalized spacial score (nSPS) is 13.5. The molecule has 0 aliphatic heterocycles. The van der Waals surface area contributed by atoms with Gasteiger partial charge in [0, 0.05) is 58.9 Å². The lowest BCUT2D eigenvalue weighted by Crippen LogP contribution is -2.60. The zero-order valence-corrected chi connectivity index (χ0v) is 65.6. The van der Waals surface area contributed by atoms with Crippen LogP contribution in [0.15, 0.2) is 24.3 Å². The number of hydrogen-bond acceptors (Lipinski definition) is 22. The molecular formula is C66H124N38O13. The predicted octanol–water partition coefficient (Wildman–Crippen LogP) is -11.4. The molecule has 0 aromatic heterocycles. The van der Waals surface area contributed by atoms with Crippen molar-refractivity contribution >= 4 is 119 Å². The second-order valence-electron chi connectivity index (χ2n) is 26.9. The Morgan fingerprint density at radius 3 is 0.632 bits per heavy atom. The average molecular weight is 1660 g/mol. The van der Waals surface area contributed by atoms with Crippen LogP contribution in [0.25, 0.3) is 0 Å². The molecule has 11 atom stereocenters. The Labute approximate surface area is 676 Å². The molecule has 0 aliphatic carbocycles. The summed E-state index contributed by atoms with van der Waals surface area (Å²) in [5, 5.41) is 138. The van der Waals surface area contributed by atoms with Crippen molar-refractivity contribution in [2.45, 2.75) is 195 Å². The topological polar surface area (TPSA) is 932 Å². The molecule has 0 heterocycles. The molecule has 0 spiro atoms. The first-order chi connectivity index (χ1) is 55.2. The molecule has 51 heteroatoms. The number of carbonyl (C=O) groups is 11. The van der Waals surface area contributed by atoms with Crippen LogP contribution < -0.4 is 158 Å². The van der Waals surface area contributed by atoms with Gasteiger partial charge in [-0.1, -0.05) is 12.1 Å². The molecule has 0 unspecified atom stereocenters. The molecule has 0 bridgehead atoms. The minimum atomic E-state index is -1.64. The van der Waals surface area contributed by atoms with Crippen molar-refractivity contribution < 1.29 is 63.0 Å². The van der Waals surface area contributed by atoms with Gasteiger partial charge >= 0.3 is 5.97 Å². The molecule has 0 fully saturated rings. The SMILES string of the molecule is C[C@H](NC(=O)[C@@H](N)Cc1ccc(O)cc1)C(=O)N[C@@H](CCCNC(=N)N)C(=O)N[C@@H](CCCNC(=N)N)C(=O)N[C@@H](CCCNC(=N)N)C(=O)N[C@@H](CCCNC(=N)N)C(=O)N[C@@H](CCCNC(=N)N)C(=O)N[C@@H](CCCNC(=N)N)C(=O)N[C@@H](CCCNC(=N)N)C(=O)N[C@@H](CCCNC(=N)N)C(=O)N[C@@H](CCCNC(=N)N)C(=O)O. The third-order valence-corrected chi connectivity index (χ3v) is 17.0. The monoisotopic (exact) mass is 1660 g/mol. The zero-order chi connectivity index (χ0) is 88.1. The number of phenolic OH excluding ortho intramolecular Hbond substituents is 1. The van der Waals surface area contributed by atoms with E-state index in [-0.39, 0.29) is 193 Å². The lowest BCUT2D eigenvalue weighted by Gasteiger charge is -2.29. The summed E-state index contributed by atoms with van der Waals surface area (Å²) >= 11 is 0. The van der Waals surface area contributed by atoms with Crippen molar-refractivity contribution in [3.63, 3.8) is 0 Å². The largest absolute Gasteiger partial charge is 0.508 e. The van der Waals surface area contributed by atoms with Crippen LogP contribution in [0.5, 0.6) is 5.75 Å². The number of carboxylic acids is 1. The number of aromatic hydroxyl groups is 1. The van der Waals surface area contributed by atoms with Crippen LogP contribution in [0.2, 0.25) is 0 Å². The molecule has 117 heavy (non-hydrogen) atoms. The highest BCUT2D eigenvalue weighted by atomic mass is 16.4. The smallest absolute Gasteiger partial charge is 0.326 e. The van der Waals surface area contributed by atoms with Crippen LogP contribution in [0.3, 0.4) is 0 Å². The van der Waals surface area contributed by atoms with Gasteiger partial charge in [0.2, 0.25) is 59.1 Å². The van der Waals surface area contributed by atoms with Gasteiger partial charge < -0.3 is 169 Å². The standard InChI is InChI=1S/C66H124N38O13/c1-34(95-48(107)37(67)33-35-20-22-36(105)23-21-35)47(106)96-38(11-2-24-86-58(68)69)49(108)97-39(12-3-25-87-59(70)71)50(109)98-40(13-4-26-88-60(72)73)51(110)99-41(14-5-27-89-61(74)75)52(111)100-42(15-6-28-90-62(76)77)53(112)101-43(16-7-29-91-63(78)79)54(113)102-44(17-8-30-92-64(80)81)55(114)103-45(18-9-31-93-65(82)83)56(115)104-46(57(116)117)19-10-32-94-66(84)85/h20-23,34,37-46,105H,2-19,24-33,67H2,1H3,(H,95,107)(H,96,106)(H,97,108)(H,98,109)(H,99,110)(H,100,111)(H,101,112)(H,102,113)(H,103,114)(H,104,115)(H,116,117)(H4,68,69,86)(H4,70,71,87)(H4,72,73,88)(H4,74,75,89)(H4,76,77,90)(H4,78,79,91)(H4,80,81,92)(H4,82,83,93)(H4,84,85,94)/t34-,37-,38-,39-,40-,41-,42-,43-,44-,45-,46-/m0/s1. The predicted molar refractivity (Wildman–Crippen MR) is 435 cm³/mol. The van der Waals surface area contributed by atoms with E-state index in [4.69, 9.17) is 106 Å². The number of aliphatic carboxylic acids is 1. The van der Waals surface area contributed by atoms with Crippen LogP contribution in [0, 0.1) is 48.7 Å². The number of carboxylic acid groups (broad SMARTS) is 1. The fraction of sp³-hybridized carbons (Fsp3) is 0.606. The molecule has 1 aromatic carbocycles. The van der Waals surface area contributed by atoms with Gasteiger partial charge in [0.1, 0.15) is 66.2 Å². The number of nitrogens with one attached hydrogen (secondary N) is 28. The Morgan fingerprint density at radius 2 is 0.453 bits per heavy atom. The Balaban J connectivity index is 4.05. The summed E-state index contributed by atoms with van der Waals surface area (Å²) in [5.41, 5.74) is 56.4. The number of carbonyl (C=O) groups excluding carboxylic acids is 10. The number of hydrogen-bond donors (Lipinski definition) is 40. The lowest BCUT2D eigenvalue weighted by atomic mass is 10.0. The van der Waals surface area contributed by atoms with Gasteiger partial charge in [-0.25, -0.2) is 4.79 Å². The van der Waals surface area contributed by atoms with E-state index >= 15 is 4.79 Å². The first kappa shape index (κ1) is 102. The highest BCUT2D eigenvalue weighted by Crippen LogP contribution is 2.14. The van der Waals surface area contributed by atoms with Gasteiger partial charge in [-0.2, -0.15) is 0 Å². The van der Waals surface area contributed by atoms with E-state index in [0.29, 0.717) is 5.56 Å². The number of benzene rings is 1. The van der Waals surface area contributed by atoms with Crippen LogP contribution in [-0.4, -0.2) is 254 Å².